The van der Waals surface area contributed by atoms with Crippen LogP contribution in [0.3, 0.4) is 0 Å². The molecule has 0 radical (unpaired) electrons. The summed E-state index contributed by atoms with van der Waals surface area (Å²) in [6.45, 7) is 6.23. The second-order valence-electron chi connectivity index (χ2n) is 5.05. The third-order valence-corrected chi connectivity index (χ3v) is 3.26. The molecule has 2 rings (SSSR count). The standard InChI is InChI=1S/C15H22N2O4/c1-4-20-15(18)12-5-6-14(16-7-12)17-8-11(2)21-13(9-17)10-19-3/h5-7,11,13H,4,8-10H2,1-3H3. The van der Waals surface area contributed by atoms with E-state index in [0.29, 0.717) is 18.8 Å². The van der Waals surface area contributed by atoms with Gasteiger partial charge in [0, 0.05) is 26.4 Å². The molecule has 0 N–H and O–H groups in total. The van der Waals surface area contributed by atoms with Crippen LogP contribution < -0.4 is 4.90 Å². The van der Waals surface area contributed by atoms with E-state index in [1.807, 2.05) is 13.0 Å². The maximum Gasteiger partial charge on any atom is 0.339 e. The van der Waals surface area contributed by atoms with Crippen LogP contribution in [0.4, 0.5) is 5.82 Å². The van der Waals surface area contributed by atoms with Gasteiger partial charge < -0.3 is 19.1 Å². The topological polar surface area (TPSA) is 60.9 Å². The minimum Gasteiger partial charge on any atom is -0.462 e. The second-order valence-corrected chi connectivity index (χ2v) is 5.05. The van der Waals surface area contributed by atoms with Crippen molar-refractivity contribution in [1.82, 2.24) is 4.98 Å². The monoisotopic (exact) mass is 294 g/mol. The summed E-state index contributed by atoms with van der Waals surface area (Å²) in [6.07, 6.45) is 1.70. The molecule has 1 aromatic rings. The smallest absolute Gasteiger partial charge is 0.339 e. The van der Waals surface area contributed by atoms with Crippen LogP contribution >= 0.6 is 0 Å². The van der Waals surface area contributed by atoms with Crippen molar-refractivity contribution in [3.05, 3.63) is 23.9 Å². The third-order valence-electron chi connectivity index (χ3n) is 3.26. The van der Waals surface area contributed by atoms with Crippen LogP contribution in [0.5, 0.6) is 0 Å². The maximum absolute atomic E-state index is 11.6. The van der Waals surface area contributed by atoms with E-state index in [9.17, 15) is 4.79 Å². The SMILES string of the molecule is CCOC(=O)c1ccc(N2CC(C)OC(COC)C2)nc1. The fourth-order valence-electron chi connectivity index (χ4n) is 2.42. The molecular weight excluding hydrogens is 272 g/mol. The summed E-state index contributed by atoms with van der Waals surface area (Å²) in [4.78, 5) is 18.1. The Hall–Kier alpha value is -1.66. The molecule has 0 saturated carbocycles. The number of aromatic nitrogens is 1. The predicted octanol–water partition coefficient (Wildman–Crippen LogP) is 1.50. The lowest BCUT2D eigenvalue weighted by Gasteiger charge is -2.37. The Kier molecular flexibility index (Phi) is 5.52. The van der Waals surface area contributed by atoms with Crippen molar-refractivity contribution < 1.29 is 19.0 Å². The molecule has 116 valence electrons. The molecule has 0 aliphatic carbocycles. The molecule has 6 heteroatoms. The number of anilines is 1. The molecule has 1 aromatic heterocycles. The minimum absolute atomic E-state index is 0.0327. The molecule has 2 atom stereocenters. The van der Waals surface area contributed by atoms with Crippen LogP contribution in [0, 0.1) is 0 Å². The number of pyridine rings is 1. The second kappa shape index (κ2) is 7.38. The maximum atomic E-state index is 11.6. The molecule has 2 heterocycles. The fraction of sp³-hybridized carbons (Fsp3) is 0.600. The Morgan fingerprint density at radius 3 is 2.90 bits per heavy atom. The number of esters is 1. The normalized spacial score (nSPS) is 22.1. The van der Waals surface area contributed by atoms with Gasteiger partial charge in [-0.3, -0.25) is 0 Å². The number of hydrogen-bond donors (Lipinski definition) is 0. The van der Waals surface area contributed by atoms with Gasteiger partial charge >= 0.3 is 5.97 Å². The number of methoxy groups -OCH3 is 1. The minimum atomic E-state index is -0.343. The molecule has 21 heavy (non-hydrogen) atoms. The first-order valence-electron chi connectivity index (χ1n) is 7.16. The van der Waals surface area contributed by atoms with Gasteiger partial charge in [0.05, 0.1) is 31.0 Å². The van der Waals surface area contributed by atoms with E-state index in [2.05, 4.69) is 9.88 Å². The number of rotatable bonds is 5. The zero-order chi connectivity index (χ0) is 15.2. The average Bonchev–Trinajstić information content (AvgIpc) is 2.47. The fourth-order valence-corrected chi connectivity index (χ4v) is 2.42. The molecule has 1 aliphatic rings. The first-order chi connectivity index (χ1) is 10.1. The molecule has 0 aromatic carbocycles. The van der Waals surface area contributed by atoms with Crippen LogP contribution in [0.25, 0.3) is 0 Å². The summed E-state index contributed by atoms with van der Waals surface area (Å²) in [6, 6.07) is 3.58. The lowest BCUT2D eigenvalue weighted by Crippen LogP contribution is -2.48. The Labute approximate surface area is 125 Å². The largest absolute Gasteiger partial charge is 0.462 e. The van der Waals surface area contributed by atoms with E-state index >= 15 is 0 Å². The van der Waals surface area contributed by atoms with Crippen LogP contribution in [0.1, 0.15) is 24.2 Å². The molecule has 2 unspecified atom stereocenters. The lowest BCUT2D eigenvalue weighted by atomic mass is 10.2. The van der Waals surface area contributed by atoms with Crippen LogP contribution in [0.15, 0.2) is 18.3 Å². The third kappa shape index (κ3) is 4.15. The zero-order valence-corrected chi connectivity index (χ0v) is 12.7. The molecule has 0 bridgehead atoms. The summed E-state index contributed by atoms with van der Waals surface area (Å²) < 4.78 is 15.9. The average molecular weight is 294 g/mol. The molecule has 1 saturated heterocycles. The Morgan fingerprint density at radius 1 is 1.48 bits per heavy atom. The number of carbonyl (C=O) groups is 1. The van der Waals surface area contributed by atoms with Crippen molar-refractivity contribution in [2.75, 3.05) is 38.3 Å². The van der Waals surface area contributed by atoms with E-state index in [4.69, 9.17) is 14.2 Å². The van der Waals surface area contributed by atoms with Crippen molar-refractivity contribution in [1.29, 1.82) is 0 Å². The van der Waals surface area contributed by atoms with Crippen molar-refractivity contribution >= 4 is 11.8 Å². The highest BCUT2D eigenvalue weighted by atomic mass is 16.5. The van der Waals surface area contributed by atoms with Gasteiger partial charge in [0.25, 0.3) is 0 Å². The first kappa shape index (κ1) is 15.7. The van der Waals surface area contributed by atoms with Gasteiger partial charge in [-0.2, -0.15) is 0 Å². The van der Waals surface area contributed by atoms with E-state index in [1.165, 1.54) is 0 Å². The summed E-state index contributed by atoms with van der Waals surface area (Å²) in [5, 5.41) is 0. The molecular formula is C15H22N2O4. The summed E-state index contributed by atoms with van der Waals surface area (Å²) >= 11 is 0. The van der Waals surface area contributed by atoms with Gasteiger partial charge in [-0.05, 0) is 26.0 Å². The summed E-state index contributed by atoms with van der Waals surface area (Å²) in [7, 11) is 1.67. The lowest BCUT2D eigenvalue weighted by molar-refractivity contribution is -0.0512. The highest BCUT2D eigenvalue weighted by Gasteiger charge is 2.26. The van der Waals surface area contributed by atoms with E-state index in [1.54, 1.807) is 26.3 Å². The number of ether oxygens (including phenoxy) is 3. The van der Waals surface area contributed by atoms with Crippen molar-refractivity contribution in [2.45, 2.75) is 26.1 Å². The van der Waals surface area contributed by atoms with Crippen LogP contribution in [-0.2, 0) is 14.2 Å². The van der Waals surface area contributed by atoms with Crippen molar-refractivity contribution in [3.63, 3.8) is 0 Å². The summed E-state index contributed by atoms with van der Waals surface area (Å²) in [5.74, 6) is 0.489. The van der Waals surface area contributed by atoms with E-state index < -0.39 is 0 Å². The predicted molar refractivity (Wildman–Crippen MR) is 78.6 cm³/mol. The van der Waals surface area contributed by atoms with E-state index in [-0.39, 0.29) is 18.2 Å². The number of hydrogen-bond acceptors (Lipinski definition) is 6. The van der Waals surface area contributed by atoms with Gasteiger partial charge in [-0.25, -0.2) is 9.78 Å². The molecule has 6 nitrogen and oxygen atoms in total. The Balaban J connectivity index is 2.05. The van der Waals surface area contributed by atoms with Crippen LogP contribution in [-0.4, -0.2) is 56.6 Å². The van der Waals surface area contributed by atoms with Crippen molar-refractivity contribution in [3.8, 4) is 0 Å². The van der Waals surface area contributed by atoms with Gasteiger partial charge in [0.1, 0.15) is 5.82 Å². The van der Waals surface area contributed by atoms with Gasteiger partial charge in [0.2, 0.25) is 0 Å². The van der Waals surface area contributed by atoms with Crippen LogP contribution in [0.2, 0.25) is 0 Å². The highest BCUT2D eigenvalue weighted by Crippen LogP contribution is 2.19. The Morgan fingerprint density at radius 2 is 2.29 bits per heavy atom. The zero-order valence-electron chi connectivity index (χ0n) is 12.7. The van der Waals surface area contributed by atoms with Gasteiger partial charge in [0.15, 0.2) is 0 Å². The van der Waals surface area contributed by atoms with Gasteiger partial charge in [-0.1, -0.05) is 0 Å². The molecule has 1 fully saturated rings. The quantitative estimate of drug-likeness (QED) is 0.767. The molecule has 0 spiro atoms. The molecule has 0 amide bonds. The van der Waals surface area contributed by atoms with Crippen molar-refractivity contribution in [2.24, 2.45) is 0 Å². The number of nitrogens with zero attached hydrogens (tertiary/aromatic N) is 2. The summed E-state index contributed by atoms with van der Waals surface area (Å²) in [5.41, 5.74) is 0.468. The first-order valence-corrected chi connectivity index (χ1v) is 7.16. The Bertz CT molecular complexity index is 463. The highest BCUT2D eigenvalue weighted by molar-refractivity contribution is 5.89. The van der Waals surface area contributed by atoms with Gasteiger partial charge in [-0.15, -0.1) is 0 Å². The van der Waals surface area contributed by atoms with E-state index in [0.717, 1.165) is 18.9 Å². The number of morpholine rings is 1. The molecule has 1 aliphatic heterocycles. The number of carbonyl (C=O) groups excluding carboxylic acids is 1.